The molecule has 0 N–H and O–H groups in total. The molecule has 0 spiro atoms. The molecule has 2 rings (SSSR count). The van der Waals surface area contributed by atoms with Gasteiger partial charge in [-0.15, -0.1) is 23.2 Å². The molecule has 0 heterocycles. The van der Waals surface area contributed by atoms with Crippen LogP contribution in [0.4, 0.5) is 0 Å². The van der Waals surface area contributed by atoms with E-state index in [0.29, 0.717) is 10.0 Å². The van der Waals surface area contributed by atoms with Crippen LogP contribution in [0.5, 0.6) is 0 Å². The maximum absolute atomic E-state index is 10.7. The zero-order valence-corrected chi connectivity index (χ0v) is 10.4. The van der Waals surface area contributed by atoms with E-state index in [4.69, 9.17) is 46.4 Å². The summed E-state index contributed by atoms with van der Waals surface area (Å²) in [6.45, 7) is 0. The predicted molar refractivity (Wildman–Crippen MR) is 63.2 cm³/mol. The Labute approximate surface area is 107 Å². The lowest BCUT2D eigenvalue weighted by atomic mass is 10.1. The minimum Gasteiger partial charge on any atom is -0.303 e. The van der Waals surface area contributed by atoms with Gasteiger partial charge in [0, 0.05) is 16.0 Å². The average molecular weight is 284 g/mol. The van der Waals surface area contributed by atoms with Gasteiger partial charge in [-0.2, -0.15) is 0 Å². The van der Waals surface area contributed by atoms with Crippen LogP contribution in [0.25, 0.3) is 0 Å². The number of rotatable bonds is 2. The molecule has 1 aromatic rings. The highest BCUT2D eigenvalue weighted by Crippen LogP contribution is 2.64. The predicted octanol–water partition coefficient (Wildman–Crippen LogP) is 4.08. The molecule has 15 heavy (non-hydrogen) atoms. The molecule has 0 aromatic heterocycles. The van der Waals surface area contributed by atoms with Crippen LogP contribution in [0.1, 0.15) is 11.5 Å². The summed E-state index contributed by atoms with van der Waals surface area (Å²) in [5.41, 5.74) is 0.801. The van der Waals surface area contributed by atoms with Gasteiger partial charge in [0.1, 0.15) is 10.6 Å². The van der Waals surface area contributed by atoms with Crippen molar-refractivity contribution in [3.8, 4) is 0 Å². The van der Waals surface area contributed by atoms with Crippen molar-refractivity contribution >= 4 is 52.7 Å². The number of hydrogen-bond acceptors (Lipinski definition) is 1. The molecule has 2 unspecified atom stereocenters. The van der Waals surface area contributed by atoms with E-state index in [1.807, 2.05) is 0 Å². The molecule has 80 valence electrons. The van der Waals surface area contributed by atoms with Gasteiger partial charge in [-0.3, -0.25) is 0 Å². The van der Waals surface area contributed by atoms with E-state index in [2.05, 4.69) is 0 Å². The lowest BCUT2D eigenvalue weighted by molar-refractivity contribution is -0.108. The van der Waals surface area contributed by atoms with Crippen LogP contribution in [0.2, 0.25) is 10.0 Å². The minimum atomic E-state index is -1.02. The van der Waals surface area contributed by atoms with Gasteiger partial charge in [0.15, 0.2) is 0 Å². The highest BCUT2D eigenvalue weighted by molar-refractivity contribution is 6.53. The molecule has 1 nitrogen and oxygen atoms in total. The highest BCUT2D eigenvalue weighted by Gasteiger charge is 2.64. The van der Waals surface area contributed by atoms with Crippen molar-refractivity contribution in [2.45, 2.75) is 10.3 Å². The second kappa shape index (κ2) is 3.81. The van der Waals surface area contributed by atoms with Crippen molar-refractivity contribution in [2.24, 2.45) is 5.92 Å². The van der Waals surface area contributed by atoms with Crippen LogP contribution in [-0.2, 0) is 4.79 Å². The van der Waals surface area contributed by atoms with Gasteiger partial charge < -0.3 is 4.79 Å². The van der Waals surface area contributed by atoms with E-state index in [-0.39, 0.29) is 11.8 Å². The van der Waals surface area contributed by atoms with Crippen LogP contribution in [0.15, 0.2) is 18.2 Å². The summed E-state index contributed by atoms with van der Waals surface area (Å²) >= 11 is 23.6. The first kappa shape index (κ1) is 11.5. The number of alkyl halides is 2. The SMILES string of the molecule is O=CC1C(c2cc(Cl)cc(Cl)c2)C1(Cl)Cl. The van der Waals surface area contributed by atoms with Gasteiger partial charge in [-0.25, -0.2) is 0 Å². The molecule has 0 aliphatic heterocycles. The first-order chi connectivity index (χ1) is 6.96. The lowest BCUT2D eigenvalue weighted by Gasteiger charge is -2.02. The summed E-state index contributed by atoms with van der Waals surface area (Å²) in [7, 11) is 0. The molecular weight excluding hydrogens is 278 g/mol. The Kier molecular flexibility index (Phi) is 2.93. The van der Waals surface area contributed by atoms with E-state index in [9.17, 15) is 4.79 Å². The summed E-state index contributed by atoms with van der Waals surface area (Å²) in [4.78, 5) is 10.7. The Bertz CT molecular complexity index is 396. The number of benzene rings is 1. The molecular formula is C10H6Cl4O. The molecule has 1 saturated carbocycles. The minimum absolute atomic E-state index is 0.213. The first-order valence-electron chi connectivity index (χ1n) is 4.26. The second-order valence-electron chi connectivity index (χ2n) is 3.52. The Hall–Kier alpha value is 0.0500. The molecule has 5 heteroatoms. The second-order valence-corrected chi connectivity index (χ2v) is 5.83. The fourth-order valence-electron chi connectivity index (χ4n) is 1.70. The molecule has 1 fully saturated rings. The largest absolute Gasteiger partial charge is 0.303 e. The van der Waals surface area contributed by atoms with Gasteiger partial charge in [0.2, 0.25) is 0 Å². The molecule has 2 atom stereocenters. The standard InChI is InChI=1S/C10H6Cl4O/c11-6-1-5(2-7(12)3-6)9-8(4-15)10(9,13)14/h1-4,8-9H. The number of carbonyl (C=O) groups excluding carboxylic acids is 1. The van der Waals surface area contributed by atoms with Crippen LogP contribution < -0.4 is 0 Å². The average Bonchev–Trinajstić information content (AvgIpc) is 2.66. The Morgan fingerprint density at radius 2 is 1.67 bits per heavy atom. The fraction of sp³-hybridized carbons (Fsp3) is 0.300. The molecule has 0 saturated heterocycles. The zero-order chi connectivity index (χ0) is 11.2. The van der Waals surface area contributed by atoms with Gasteiger partial charge in [-0.05, 0) is 23.8 Å². The third-order valence-corrected chi connectivity index (χ3v) is 3.91. The van der Waals surface area contributed by atoms with E-state index in [1.165, 1.54) is 0 Å². The van der Waals surface area contributed by atoms with E-state index in [1.54, 1.807) is 18.2 Å². The third kappa shape index (κ3) is 1.99. The van der Waals surface area contributed by atoms with Gasteiger partial charge in [-0.1, -0.05) is 23.2 Å². The molecule has 0 amide bonds. The first-order valence-corrected chi connectivity index (χ1v) is 5.77. The van der Waals surface area contributed by atoms with Crippen molar-refractivity contribution in [1.82, 2.24) is 0 Å². The molecule has 0 bridgehead atoms. The number of hydrogen-bond donors (Lipinski definition) is 0. The van der Waals surface area contributed by atoms with Crippen molar-refractivity contribution < 1.29 is 4.79 Å². The maximum atomic E-state index is 10.7. The topological polar surface area (TPSA) is 17.1 Å². The quantitative estimate of drug-likeness (QED) is 0.590. The van der Waals surface area contributed by atoms with Crippen molar-refractivity contribution in [1.29, 1.82) is 0 Å². The smallest absolute Gasteiger partial charge is 0.136 e. The van der Waals surface area contributed by atoms with Crippen molar-refractivity contribution in [3.63, 3.8) is 0 Å². The van der Waals surface area contributed by atoms with Crippen molar-refractivity contribution in [3.05, 3.63) is 33.8 Å². The summed E-state index contributed by atoms with van der Waals surface area (Å²) < 4.78 is -1.02. The number of carbonyl (C=O) groups is 1. The Balaban J connectivity index is 2.36. The summed E-state index contributed by atoms with van der Waals surface area (Å²) in [6.07, 6.45) is 0.763. The van der Waals surface area contributed by atoms with Crippen LogP contribution >= 0.6 is 46.4 Å². The fourth-order valence-corrected chi connectivity index (χ4v) is 3.00. The number of aldehydes is 1. The third-order valence-electron chi connectivity index (χ3n) is 2.50. The van der Waals surface area contributed by atoms with Crippen LogP contribution in [0.3, 0.4) is 0 Å². The van der Waals surface area contributed by atoms with Crippen LogP contribution in [0, 0.1) is 5.92 Å². The lowest BCUT2D eigenvalue weighted by Crippen LogP contribution is -1.90. The van der Waals surface area contributed by atoms with Gasteiger partial charge in [0.25, 0.3) is 0 Å². The summed E-state index contributed by atoms with van der Waals surface area (Å²) in [6, 6.07) is 5.07. The molecule has 1 aliphatic carbocycles. The van der Waals surface area contributed by atoms with Gasteiger partial charge >= 0.3 is 0 Å². The van der Waals surface area contributed by atoms with E-state index in [0.717, 1.165) is 11.8 Å². The van der Waals surface area contributed by atoms with Crippen molar-refractivity contribution in [2.75, 3.05) is 0 Å². The number of halogens is 4. The van der Waals surface area contributed by atoms with E-state index < -0.39 is 4.33 Å². The summed E-state index contributed by atoms with van der Waals surface area (Å²) in [5.74, 6) is -0.593. The Morgan fingerprint density at radius 3 is 2.07 bits per heavy atom. The monoisotopic (exact) mass is 282 g/mol. The summed E-state index contributed by atoms with van der Waals surface area (Å²) in [5, 5.41) is 1.02. The molecule has 0 radical (unpaired) electrons. The maximum Gasteiger partial charge on any atom is 0.136 e. The van der Waals surface area contributed by atoms with E-state index >= 15 is 0 Å². The van der Waals surface area contributed by atoms with Crippen LogP contribution in [-0.4, -0.2) is 10.6 Å². The molecule has 1 aromatic carbocycles. The Morgan fingerprint density at radius 1 is 1.13 bits per heavy atom. The normalized spacial score (nSPS) is 27.5. The van der Waals surface area contributed by atoms with Gasteiger partial charge in [0.05, 0.1) is 5.92 Å². The zero-order valence-electron chi connectivity index (χ0n) is 7.38. The molecule has 1 aliphatic rings. The highest BCUT2D eigenvalue weighted by atomic mass is 35.5.